The van der Waals surface area contributed by atoms with Gasteiger partial charge < -0.3 is 9.64 Å². The fourth-order valence-electron chi connectivity index (χ4n) is 3.46. The highest BCUT2D eigenvalue weighted by atomic mass is 35.5. The molecule has 0 spiro atoms. The number of morpholine rings is 1. The van der Waals surface area contributed by atoms with E-state index in [9.17, 15) is 13.2 Å². The van der Waals surface area contributed by atoms with Crippen molar-refractivity contribution in [1.82, 2.24) is 9.21 Å². The molecule has 0 unspecified atom stereocenters. The van der Waals surface area contributed by atoms with Crippen LogP contribution in [0.4, 0.5) is 0 Å². The third kappa shape index (κ3) is 4.48. The van der Waals surface area contributed by atoms with Gasteiger partial charge in [0.25, 0.3) is 5.91 Å². The molecule has 6 nitrogen and oxygen atoms in total. The number of amides is 1. The Kier molecular flexibility index (Phi) is 5.92. The topological polar surface area (TPSA) is 66.9 Å². The average molecular weight is 435 g/mol. The second-order valence-electron chi connectivity index (χ2n) is 7.31. The second-order valence-corrected chi connectivity index (χ2v) is 9.63. The van der Waals surface area contributed by atoms with E-state index in [0.717, 1.165) is 18.4 Å². The van der Waals surface area contributed by atoms with E-state index >= 15 is 0 Å². The predicted molar refractivity (Wildman–Crippen MR) is 110 cm³/mol. The van der Waals surface area contributed by atoms with Crippen LogP contribution >= 0.6 is 11.6 Å². The molecule has 0 atom stereocenters. The monoisotopic (exact) mass is 434 g/mol. The Bertz CT molecular complexity index is 987. The minimum atomic E-state index is -3.79. The fourth-order valence-corrected chi connectivity index (χ4v) is 5.37. The van der Waals surface area contributed by atoms with Gasteiger partial charge in [-0.15, -0.1) is 0 Å². The van der Waals surface area contributed by atoms with E-state index in [1.807, 2.05) is 35.2 Å². The van der Waals surface area contributed by atoms with E-state index in [1.54, 1.807) is 6.07 Å². The van der Waals surface area contributed by atoms with Gasteiger partial charge in [-0.2, -0.15) is 4.31 Å². The number of ether oxygens (including phenoxy) is 1. The minimum absolute atomic E-state index is 0.0256. The Morgan fingerprint density at radius 1 is 1.10 bits per heavy atom. The van der Waals surface area contributed by atoms with Gasteiger partial charge in [-0.3, -0.25) is 4.79 Å². The molecule has 1 saturated carbocycles. The lowest BCUT2D eigenvalue weighted by Crippen LogP contribution is -2.40. The first kappa shape index (κ1) is 20.3. The van der Waals surface area contributed by atoms with E-state index < -0.39 is 10.0 Å². The summed E-state index contributed by atoms with van der Waals surface area (Å²) in [5.41, 5.74) is 1.38. The second kappa shape index (κ2) is 8.44. The van der Waals surface area contributed by atoms with Gasteiger partial charge in [0, 0.05) is 31.2 Å². The van der Waals surface area contributed by atoms with Crippen LogP contribution < -0.4 is 0 Å². The molecule has 2 aromatic carbocycles. The predicted octanol–water partition coefficient (Wildman–Crippen LogP) is 3.17. The molecule has 0 aromatic heterocycles. The summed E-state index contributed by atoms with van der Waals surface area (Å²) in [5.74, 6) is -0.175. The Hall–Kier alpha value is -1.93. The van der Waals surface area contributed by atoms with Gasteiger partial charge in [-0.05, 0) is 36.6 Å². The van der Waals surface area contributed by atoms with Crippen LogP contribution in [-0.4, -0.2) is 55.9 Å². The van der Waals surface area contributed by atoms with E-state index in [2.05, 4.69) is 0 Å². The minimum Gasteiger partial charge on any atom is -0.379 e. The molecule has 1 aliphatic carbocycles. The van der Waals surface area contributed by atoms with Gasteiger partial charge >= 0.3 is 0 Å². The zero-order valence-corrected chi connectivity index (χ0v) is 17.5. The van der Waals surface area contributed by atoms with Crippen LogP contribution in [0.5, 0.6) is 0 Å². The Morgan fingerprint density at radius 2 is 1.79 bits per heavy atom. The molecule has 1 heterocycles. The summed E-state index contributed by atoms with van der Waals surface area (Å²) < 4.78 is 32.7. The normalized spacial score (nSPS) is 17.8. The van der Waals surface area contributed by atoms with E-state index in [0.29, 0.717) is 25.3 Å². The number of hydrogen-bond donors (Lipinski definition) is 0. The molecule has 8 heteroatoms. The highest BCUT2D eigenvalue weighted by molar-refractivity contribution is 7.89. The largest absolute Gasteiger partial charge is 0.379 e. The van der Waals surface area contributed by atoms with Crippen molar-refractivity contribution in [3.8, 4) is 0 Å². The number of carbonyl (C=O) groups excluding carboxylic acids is 1. The highest BCUT2D eigenvalue weighted by Crippen LogP contribution is 2.32. The van der Waals surface area contributed by atoms with Gasteiger partial charge in [0.1, 0.15) is 4.90 Å². The number of nitrogens with zero attached hydrogens (tertiary/aromatic N) is 2. The first-order chi connectivity index (χ1) is 14.0. The first-order valence-corrected chi connectivity index (χ1v) is 11.5. The molecule has 4 rings (SSSR count). The molecule has 2 aromatic rings. The highest BCUT2D eigenvalue weighted by Gasteiger charge is 2.34. The number of rotatable bonds is 6. The summed E-state index contributed by atoms with van der Waals surface area (Å²) in [6.45, 7) is 1.75. The molecule has 2 fully saturated rings. The van der Waals surface area contributed by atoms with Crippen LogP contribution in [0, 0.1) is 0 Å². The zero-order valence-electron chi connectivity index (χ0n) is 16.0. The molecular formula is C21H23ClN2O4S. The third-order valence-corrected chi connectivity index (χ3v) is 7.59. The molecule has 29 heavy (non-hydrogen) atoms. The maximum absolute atomic E-state index is 13.3. The van der Waals surface area contributed by atoms with Crippen molar-refractivity contribution < 1.29 is 17.9 Å². The van der Waals surface area contributed by atoms with E-state index in [1.165, 1.54) is 16.4 Å². The molecule has 154 valence electrons. The SMILES string of the molecule is O=C(c1ccc(Cl)c(S(=O)(=O)N2CCOCC2)c1)N(Cc1ccccc1)C1CC1. The number of hydrogen-bond acceptors (Lipinski definition) is 4. The number of halogens is 1. The maximum Gasteiger partial charge on any atom is 0.254 e. The molecule has 1 amide bonds. The molecule has 0 bridgehead atoms. The van der Waals surface area contributed by atoms with Gasteiger partial charge in [-0.1, -0.05) is 41.9 Å². The quantitative estimate of drug-likeness (QED) is 0.700. The van der Waals surface area contributed by atoms with Crippen molar-refractivity contribution >= 4 is 27.5 Å². The zero-order chi connectivity index (χ0) is 20.4. The first-order valence-electron chi connectivity index (χ1n) is 9.69. The van der Waals surface area contributed by atoms with Crippen molar-refractivity contribution in [3.63, 3.8) is 0 Å². The number of sulfonamides is 1. The number of carbonyl (C=O) groups is 1. The summed E-state index contributed by atoms with van der Waals surface area (Å²) in [4.78, 5) is 15.0. The van der Waals surface area contributed by atoms with Crippen molar-refractivity contribution in [2.24, 2.45) is 0 Å². The Labute approximate surface area is 176 Å². The Balaban J connectivity index is 1.62. The summed E-state index contributed by atoms with van der Waals surface area (Å²) >= 11 is 6.23. The lowest BCUT2D eigenvalue weighted by atomic mass is 10.1. The lowest BCUT2D eigenvalue weighted by molar-refractivity contribution is 0.0725. The molecule has 1 aliphatic heterocycles. The fraction of sp³-hybridized carbons (Fsp3) is 0.381. The van der Waals surface area contributed by atoms with Gasteiger partial charge in [-0.25, -0.2) is 8.42 Å². The average Bonchev–Trinajstić information content (AvgIpc) is 3.58. The van der Waals surface area contributed by atoms with Gasteiger partial charge in [0.2, 0.25) is 10.0 Å². The van der Waals surface area contributed by atoms with Crippen LogP contribution in [0.2, 0.25) is 5.02 Å². The van der Waals surface area contributed by atoms with Crippen LogP contribution in [0.3, 0.4) is 0 Å². The standard InChI is InChI=1S/C21H23ClN2O4S/c22-19-9-6-17(14-20(19)29(26,27)23-10-12-28-13-11-23)21(25)24(18-7-8-18)15-16-4-2-1-3-5-16/h1-6,9,14,18H,7-8,10-13,15H2. The van der Waals surface area contributed by atoms with Crippen LogP contribution in [0.1, 0.15) is 28.8 Å². The van der Waals surface area contributed by atoms with Gasteiger partial charge in [0.05, 0.1) is 18.2 Å². The van der Waals surface area contributed by atoms with E-state index in [4.69, 9.17) is 16.3 Å². The van der Waals surface area contributed by atoms with Crippen molar-refractivity contribution in [2.75, 3.05) is 26.3 Å². The summed E-state index contributed by atoms with van der Waals surface area (Å²) in [6, 6.07) is 14.5. The maximum atomic E-state index is 13.3. The molecular weight excluding hydrogens is 412 g/mol. The smallest absolute Gasteiger partial charge is 0.254 e. The van der Waals surface area contributed by atoms with Crippen LogP contribution in [0.15, 0.2) is 53.4 Å². The van der Waals surface area contributed by atoms with Crippen molar-refractivity contribution in [3.05, 3.63) is 64.7 Å². The van der Waals surface area contributed by atoms with Crippen molar-refractivity contribution in [1.29, 1.82) is 0 Å². The van der Waals surface area contributed by atoms with Crippen LogP contribution in [0.25, 0.3) is 0 Å². The summed E-state index contributed by atoms with van der Waals surface area (Å²) in [5, 5.41) is 0.120. The summed E-state index contributed by atoms with van der Waals surface area (Å²) in [6.07, 6.45) is 1.93. The van der Waals surface area contributed by atoms with Gasteiger partial charge in [0.15, 0.2) is 0 Å². The van der Waals surface area contributed by atoms with E-state index in [-0.39, 0.29) is 35.0 Å². The molecule has 1 saturated heterocycles. The molecule has 0 radical (unpaired) electrons. The van der Waals surface area contributed by atoms with Crippen LogP contribution in [-0.2, 0) is 21.3 Å². The lowest BCUT2D eigenvalue weighted by Gasteiger charge is -2.27. The third-order valence-electron chi connectivity index (χ3n) is 5.21. The number of benzene rings is 2. The molecule has 2 aliphatic rings. The molecule has 0 N–H and O–H groups in total. The summed E-state index contributed by atoms with van der Waals surface area (Å²) in [7, 11) is -3.79. The van der Waals surface area contributed by atoms with Crippen molar-refractivity contribution in [2.45, 2.75) is 30.3 Å². The Morgan fingerprint density at radius 3 is 2.45 bits per heavy atom.